The number of fused-ring (bicyclic) bond motifs is 1. The summed E-state index contributed by atoms with van der Waals surface area (Å²) in [5, 5.41) is 5.62. The van der Waals surface area contributed by atoms with Crippen molar-refractivity contribution in [3.8, 4) is 0 Å². The zero-order chi connectivity index (χ0) is 22.0. The standard InChI is InChI=1S/C22H17ClFN3O2S2/c1-13-2-5-15(23)10-18(13)25-19(28)12-31-22-26-17-8-9-30-20(17)21(29)27(22)11-14-3-6-16(24)7-4-14/h2-10H,11-12H2,1H3,(H,25,28). The van der Waals surface area contributed by atoms with E-state index < -0.39 is 0 Å². The van der Waals surface area contributed by atoms with Gasteiger partial charge >= 0.3 is 0 Å². The lowest BCUT2D eigenvalue weighted by Crippen LogP contribution is -2.24. The number of anilines is 1. The minimum absolute atomic E-state index is 0.0669. The average molecular weight is 474 g/mol. The molecule has 0 saturated carbocycles. The van der Waals surface area contributed by atoms with Gasteiger partial charge in [-0.2, -0.15) is 0 Å². The summed E-state index contributed by atoms with van der Waals surface area (Å²) in [5.41, 5.74) is 2.72. The number of hydrogen-bond acceptors (Lipinski definition) is 5. The first-order valence-electron chi connectivity index (χ1n) is 9.32. The molecule has 31 heavy (non-hydrogen) atoms. The number of carbonyl (C=O) groups excluding carboxylic acids is 1. The maximum atomic E-state index is 13.3. The lowest BCUT2D eigenvalue weighted by Gasteiger charge is -2.13. The number of amides is 1. The van der Waals surface area contributed by atoms with Crippen LogP contribution in [0.4, 0.5) is 10.1 Å². The van der Waals surface area contributed by atoms with E-state index in [1.54, 1.807) is 30.3 Å². The first-order valence-corrected chi connectivity index (χ1v) is 11.6. The van der Waals surface area contributed by atoms with E-state index in [-0.39, 0.29) is 29.6 Å². The summed E-state index contributed by atoms with van der Waals surface area (Å²) < 4.78 is 15.3. The van der Waals surface area contributed by atoms with Crippen molar-refractivity contribution in [3.63, 3.8) is 0 Å². The van der Waals surface area contributed by atoms with Gasteiger partial charge in [-0.1, -0.05) is 41.6 Å². The van der Waals surface area contributed by atoms with Crippen molar-refractivity contribution in [3.05, 3.63) is 86.2 Å². The van der Waals surface area contributed by atoms with E-state index in [9.17, 15) is 14.0 Å². The summed E-state index contributed by atoms with van der Waals surface area (Å²) in [4.78, 5) is 30.1. The highest BCUT2D eigenvalue weighted by atomic mass is 35.5. The van der Waals surface area contributed by atoms with E-state index in [0.717, 1.165) is 11.1 Å². The molecule has 0 atom stereocenters. The molecule has 0 spiro atoms. The van der Waals surface area contributed by atoms with E-state index in [1.165, 1.54) is 39.8 Å². The molecule has 2 heterocycles. The van der Waals surface area contributed by atoms with E-state index in [2.05, 4.69) is 10.3 Å². The molecule has 1 N–H and O–H groups in total. The Balaban J connectivity index is 1.58. The van der Waals surface area contributed by atoms with Gasteiger partial charge in [0.2, 0.25) is 5.91 Å². The van der Waals surface area contributed by atoms with Gasteiger partial charge in [0.1, 0.15) is 10.5 Å². The number of carbonyl (C=O) groups is 1. The van der Waals surface area contributed by atoms with Crippen LogP contribution in [0.25, 0.3) is 10.2 Å². The molecule has 0 unspecified atom stereocenters. The summed E-state index contributed by atoms with van der Waals surface area (Å²) in [7, 11) is 0. The number of thiophene rings is 1. The van der Waals surface area contributed by atoms with Crippen molar-refractivity contribution < 1.29 is 9.18 Å². The first-order chi connectivity index (χ1) is 14.9. The van der Waals surface area contributed by atoms with Crippen LogP contribution in [-0.2, 0) is 11.3 Å². The maximum Gasteiger partial charge on any atom is 0.272 e. The molecule has 158 valence electrons. The quantitative estimate of drug-likeness (QED) is 0.303. The fourth-order valence-corrected chi connectivity index (χ4v) is 4.74. The molecule has 0 aliphatic carbocycles. The third kappa shape index (κ3) is 4.98. The van der Waals surface area contributed by atoms with Gasteiger partial charge in [0.05, 0.1) is 17.8 Å². The van der Waals surface area contributed by atoms with Crippen molar-refractivity contribution in [1.82, 2.24) is 9.55 Å². The molecule has 0 bridgehead atoms. The number of rotatable bonds is 6. The molecule has 4 rings (SSSR count). The number of thioether (sulfide) groups is 1. The number of benzene rings is 2. The second-order valence-electron chi connectivity index (χ2n) is 6.84. The smallest absolute Gasteiger partial charge is 0.272 e. The number of hydrogen-bond donors (Lipinski definition) is 1. The normalized spacial score (nSPS) is 11.1. The van der Waals surface area contributed by atoms with Gasteiger partial charge in [-0.15, -0.1) is 11.3 Å². The molecule has 0 fully saturated rings. The predicted octanol–water partition coefficient (Wildman–Crippen LogP) is 5.34. The van der Waals surface area contributed by atoms with Crippen molar-refractivity contribution in [2.24, 2.45) is 0 Å². The largest absolute Gasteiger partial charge is 0.325 e. The second-order valence-corrected chi connectivity index (χ2v) is 9.14. The monoisotopic (exact) mass is 473 g/mol. The molecule has 4 aromatic rings. The average Bonchev–Trinajstić information content (AvgIpc) is 3.22. The highest BCUT2D eigenvalue weighted by Gasteiger charge is 2.15. The highest BCUT2D eigenvalue weighted by Crippen LogP contribution is 2.24. The lowest BCUT2D eigenvalue weighted by atomic mass is 10.2. The summed E-state index contributed by atoms with van der Waals surface area (Å²) >= 11 is 8.51. The molecule has 0 radical (unpaired) electrons. The Bertz CT molecular complexity index is 1320. The fourth-order valence-electron chi connectivity index (χ4n) is 2.99. The summed E-state index contributed by atoms with van der Waals surface area (Å²) in [5.74, 6) is -0.508. The summed E-state index contributed by atoms with van der Waals surface area (Å²) in [6, 6.07) is 13.0. The van der Waals surface area contributed by atoms with E-state index >= 15 is 0 Å². The Kier molecular flexibility index (Phi) is 6.41. The van der Waals surface area contributed by atoms with E-state index in [0.29, 0.717) is 26.1 Å². The van der Waals surface area contributed by atoms with Crippen LogP contribution in [0.15, 0.2) is 63.9 Å². The number of aromatic nitrogens is 2. The van der Waals surface area contributed by atoms with Crippen molar-refractivity contribution in [2.75, 3.05) is 11.1 Å². The predicted molar refractivity (Wildman–Crippen MR) is 125 cm³/mol. The van der Waals surface area contributed by atoms with Crippen LogP contribution < -0.4 is 10.9 Å². The van der Waals surface area contributed by atoms with Gasteiger partial charge in [-0.3, -0.25) is 14.2 Å². The Morgan fingerprint density at radius 1 is 1.23 bits per heavy atom. The molecule has 5 nitrogen and oxygen atoms in total. The molecule has 9 heteroatoms. The Morgan fingerprint density at radius 2 is 2.00 bits per heavy atom. The SMILES string of the molecule is Cc1ccc(Cl)cc1NC(=O)CSc1nc2ccsc2c(=O)n1Cc1ccc(F)cc1. The Hall–Kier alpha value is -2.68. The molecule has 0 saturated heterocycles. The topological polar surface area (TPSA) is 64.0 Å². The molecule has 0 aliphatic rings. The molecule has 2 aromatic carbocycles. The number of halogens is 2. The zero-order valence-electron chi connectivity index (χ0n) is 16.4. The van der Waals surface area contributed by atoms with Gasteiger partial charge in [0.15, 0.2) is 5.16 Å². The van der Waals surface area contributed by atoms with Gasteiger partial charge < -0.3 is 5.32 Å². The van der Waals surface area contributed by atoms with Crippen LogP contribution in [0, 0.1) is 12.7 Å². The Labute approximate surface area is 190 Å². The van der Waals surface area contributed by atoms with Crippen LogP contribution in [0.1, 0.15) is 11.1 Å². The molecule has 2 aromatic heterocycles. The van der Waals surface area contributed by atoms with Crippen LogP contribution >= 0.6 is 34.7 Å². The van der Waals surface area contributed by atoms with Crippen LogP contribution in [0.3, 0.4) is 0 Å². The van der Waals surface area contributed by atoms with E-state index in [1.807, 2.05) is 18.4 Å². The fraction of sp³-hybridized carbons (Fsp3) is 0.136. The molecular weight excluding hydrogens is 457 g/mol. The second kappa shape index (κ2) is 9.21. The zero-order valence-corrected chi connectivity index (χ0v) is 18.8. The van der Waals surface area contributed by atoms with Gasteiger partial charge in [0.25, 0.3) is 5.56 Å². The molecule has 0 aliphatic heterocycles. The third-order valence-electron chi connectivity index (χ3n) is 4.59. The minimum Gasteiger partial charge on any atom is -0.325 e. The number of nitrogens with one attached hydrogen (secondary N) is 1. The third-order valence-corrected chi connectivity index (χ3v) is 6.69. The van der Waals surface area contributed by atoms with Crippen LogP contribution in [0.2, 0.25) is 5.02 Å². The van der Waals surface area contributed by atoms with Crippen molar-refractivity contribution >= 4 is 56.5 Å². The summed E-state index contributed by atoms with van der Waals surface area (Å²) in [6.07, 6.45) is 0. The van der Waals surface area contributed by atoms with Crippen LogP contribution in [-0.4, -0.2) is 21.2 Å². The highest BCUT2D eigenvalue weighted by molar-refractivity contribution is 7.99. The Morgan fingerprint density at radius 3 is 2.77 bits per heavy atom. The molecule has 1 amide bonds. The van der Waals surface area contributed by atoms with Gasteiger partial charge in [0, 0.05) is 10.7 Å². The number of nitrogens with zero attached hydrogens (tertiary/aromatic N) is 2. The molecular formula is C22H17ClFN3O2S2. The number of aryl methyl sites for hydroxylation is 1. The van der Waals surface area contributed by atoms with Gasteiger partial charge in [-0.05, 0) is 53.8 Å². The van der Waals surface area contributed by atoms with Crippen LogP contribution in [0.5, 0.6) is 0 Å². The first kappa shape index (κ1) is 21.5. The van der Waals surface area contributed by atoms with E-state index in [4.69, 9.17) is 11.6 Å². The minimum atomic E-state index is -0.342. The van der Waals surface area contributed by atoms with Gasteiger partial charge in [-0.25, -0.2) is 9.37 Å². The summed E-state index contributed by atoms with van der Waals surface area (Å²) in [6.45, 7) is 2.11. The maximum absolute atomic E-state index is 13.3. The lowest BCUT2D eigenvalue weighted by molar-refractivity contribution is -0.113. The van der Waals surface area contributed by atoms with Crippen molar-refractivity contribution in [1.29, 1.82) is 0 Å². The van der Waals surface area contributed by atoms with Crippen molar-refractivity contribution in [2.45, 2.75) is 18.6 Å².